The number of carbonyl (C=O) groups is 1. The van der Waals surface area contributed by atoms with Crippen LogP contribution in [0.15, 0.2) is 60.9 Å². The Hall–Kier alpha value is -3.29. The number of hydrogen-bond donors (Lipinski definition) is 2. The van der Waals surface area contributed by atoms with Crippen LogP contribution in [0.2, 0.25) is 0 Å². The minimum absolute atomic E-state index is 0.00654. The highest BCUT2D eigenvalue weighted by molar-refractivity contribution is 5.99. The van der Waals surface area contributed by atoms with Crippen LogP contribution in [-0.4, -0.2) is 63.3 Å². The summed E-state index contributed by atoms with van der Waals surface area (Å²) in [5, 5.41) is 22.0. The molecular weight excluding hydrogens is 426 g/mol. The van der Waals surface area contributed by atoms with Crippen LogP contribution in [0.4, 0.5) is 11.4 Å². The average Bonchev–Trinajstić information content (AvgIpc) is 3.63. The summed E-state index contributed by atoms with van der Waals surface area (Å²) in [4.78, 5) is 17.6. The van der Waals surface area contributed by atoms with Gasteiger partial charge in [0.15, 0.2) is 0 Å². The predicted octanol–water partition coefficient (Wildman–Crippen LogP) is 3.13. The summed E-state index contributed by atoms with van der Waals surface area (Å²) < 4.78 is 0. The summed E-state index contributed by atoms with van der Waals surface area (Å²) in [5.74, 6) is 0.00654. The Kier molecular flexibility index (Phi) is 5.31. The van der Waals surface area contributed by atoms with Crippen molar-refractivity contribution >= 4 is 17.3 Å². The molecule has 1 spiro atoms. The van der Waals surface area contributed by atoms with E-state index in [1.54, 1.807) is 12.4 Å². The van der Waals surface area contributed by atoms with Gasteiger partial charge in [-0.1, -0.05) is 30.3 Å². The van der Waals surface area contributed by atoms with Gasteiger partial charge < -0.3 is 15.3 Å². The normalized spacial score (nSPS) is 19.4. The number of benzene rings is 2. The molecule has 3 heterocycles. The lowest BCUT2D eigenvalue weighted by molar-refractivity contribution is 0.0459. The Labute approximate surface area is 199 Å². The molecule has 1 aromatic heterocycles. The minimum Gasteiger partial charge on any atom is -0.390 e. The largest absolute Gasteiger partial charge is 0.390 e. The number of nitrogens with one attached hydrogen (secondary N) is 1. The van der Waals surface area contributed by atoms with E-state index in [0.29, 0.717) is 19.6 Å². The van der Waals surface area contributed by atoms with Gasteiger partial charge in [0.2, 0.25) is 0 Å². The van der Waals surface area contributed by atoms with E-state index in [1.165, 1.54) is 11.1 Å². The lowest BCUT2D eigenvalue weighted by atomic mass is 9.86. The summed E-state index contributed by atoms with van der Waals surface area (Å²) in [7, 11) is 0. The maximum absolute atomic E-state index is 13.5. The number of amides is 1. The fourth-order valence-electron chi connectivity index (χ4n) is 5.53. The summed E-state index contributed by atoms with van der Waals surface area (Å²) in [6.07, 6.45) is 5.90. The number of anilines is 2. The molecular formula is C27H29N5O2. The summed E-state index contributed by atoms with van der Waals surface area (Å²) in [6, 6.07) is 16.4. The first-order valence-corrected chi connectivity index (χ1v) is 12.0. The number of aliphatic hydroxyl groups excluding tert-OH is 1. The van der Waals surface area contributed by atoms with Gasteiger partial charge in [0.25, 0.3) is 5.91 Å². The second kappa shape index (κ2) is 8.49. The van der Waals surface area contributed by atoms with Gasteiger partial charge in [-0.15, -0.1) is 0 Å². The van der Waals surface area contributed by atoms with E-state index in [4.69, 9.17) is 0 Å². The van der Waals surface area contributed by atoms with E-state index in [9.17, 15) is 9.90 Å². The lowest BCUT2D eigenvalue weighted by Crippen LogP contribution is -2.49. The SMILES string of the molecule is O=C1c2cc(Nc3ccnnc3)ccc2C2(CC2)CN1CC(O)CN1CCc2ccccc2C1. The van der Waals surface area contributed by atoms with E-state index in [2.05, 4.69) is 50.7 Å². The maximum Gasteiger partial charge on any atom is 0.254 e. The van der Waals surface area contributed by atoms with Crippen molar-refractivity contribution in [2.24, 2.45) is 0 Å². The Morgan fingerprint density at radius 2 is 1.88 bits per heavy atom. The molecule has 7 heteroatoms. The van der Waals surface area contributed by atoms with Crippen LogP contribution in [0.3, 0.4) is 0 Å². The summed E-state index contributed by atoms with van der Waals surface area (Å²) in [6.45, 7) is 3.43. The molecule has 1 aliphatic carbocycles. The number of hydrogen-bond acceptors (Lipinski definition) is 6. The molecule has 34 heavy (non-hydrogen) atoms. The van der Waals surface area contributed by atoms with Gasteiger partial charge >= 0.3 is 0 Å². The van der Waals surface area contributed by atoms with Gasteiger partial charge in [-0.3, -0.25) is 9.69 Å². The molecule has 2 N–H and O–H groups in total. The smallest absolute Gasteiger partial charge is 0.254 e. The first-order chi connectivity index (χ1) is 16.6. The zero-order valence-electron chi connectivity index (χ0n) is 19.2. The highest BCUT2D eigenvalue weighted by atomic mass is 16.3. The molecule has 174 valence electrons. The Bertz CT molecular complexity index is 1210. The van der Waals surface area contributed by atoms with Crippen LogP contribution < -0.4 is 5.32 Å². The van der Waals surface area contributed by atoms with Gasteiger partial charge in [0, 0.05) is 49.4 Å². The third-order valence-electron chi connectivity index (χ3n) is 7.44. The van der Waals surface area contributed by atoms with Crippen LogP contribution in [0.5, 0.6) is 0 Å². The van der Waals surface area contributed by atoms with Crippen LogP contribution in [0, 0.1) is 0 Å². The first kappa shape index (κ1) is 21.3. The Balaban J connectivity index is 1.16. The van der Waals surface area contributed by atoms with E-state index in [-0.39, 0.29) is 11.3 Å². The number of nitrogens with zero attached hydrogens (tertiary/aromatic N) is 4. The van der Waals surface area contributed by atoms with Crippen molar-refractivity contribution in [2.45, 2.75) is 37.3 Å². The van der Waals surface area contributed by atoms with Crippen molar-refractivity contribution in [1.29, 1.82) is 0 Å². The van der Waals surface area contributed by atoms with E-state index in [1.807, 2.05) is 23.1 Å². The second-order valence-electron chi connectivity index (χ2n) is 9.89. The van der Waals surface area contributed by atoms with Crippen molar-refractivity contribution in [3.63, 3.8) is 0 Å². The second-order valence-corrected chi connectivity index (χ2v) is 9.89. The van der Waals surface area contributed by atoms with Gasteiger partial charge in [-0.25, -0.2) is 0 Å². The van der Waals surface area contributed by atoms with Crippen molar-refractivity contribution in [1.82, 2.24) is 20.0 Å². The van der Waals surface area contributed by atoms with Gasteiger partial charge in [0.05, 0.1) is 24.2 Å². The highest BCUT2D eigenvalue weighted by Crippen LogP contribution is 2.52. The van der Waals surface area contributed by atoms with Crippen molar-refractivity contribution < 1.29 is 9.90 Å². The van der Waals surface area contributed by atoms with Crippen LogP contribution in [0.25, 0.3) is 0 Å². The number of rotatable bonds is 6. The molecule has 2 aromatic carbocycles. The van der Waals surface area contributed by atoms with Crippen molar-refractivity contribution in [2.75, 3.05) is 31.5 Å². The van der Waals surface area contributed by atoms with Crippen molar-refractivity contribution in [3.8, 4) is 0 Å². The molecule has 3 aromatic rings. The molecule has 0 radical (unpaired) electrons. The van der Waals surface area contributed by atoms with Crippen LogP contribution in [0.1, 0.15) is 39.9 Å². The number of fused-ring (bicyclic) bond motifs is 3. The minimum atomic E-state index is -0.573. The van der Waals surface area contributed by atoms with Crippen molar-refractivity contribution in [3.05, 3.63) is 83.2 Å². The van der Waals surface area contributed by atoms with E-state index < -0.39 is 6.10 Å². The third kappa shape index (κ3) is 4.06. The molecule has 0 saturated heterocycles. The molecule has 2 aliphatic heterocycles. The molecule has 6 rings (SSSR count). The summed E-state index contributed by atoms with van der Waals surface area (Å²) in [5.41, 5.74) is 6.36. The molecule has 1 unspecified atom stereocenters. The fraction of sp³-hybridized carbons (Fsp3) is 0.370. The standard InChI is InChI=1S/C27H29N5O2/c33-23(16-31-12-8-19-3-1-2-4-20(19)15-31)17-32-18-27(9-10-27)25-6-5-21(13-24(25)26(32)34)30-22-7-11-28-29-14-22/h1-7,11,13-14,23,33H,8-10,12,15-18H2,(H,28,30). The molecule has 1 saturated carbocycles. The predicted molar refractivity (Wildman–Crippen MR) is 130 cm³/mol. The third-order valence-corrected chi connectivity index (χ3v) is 7.44. The fourth-order valence-corrected chi connectivity index (χ4v) is 5.53. The maximum atomic E-state index is 13.5. The molecule has 3 aliphatic rings. The topological polar surface area (TPSA) is 81.6 Å². The lowest BCUT2D eigenvalue weighted by Gasteiger charge is -2.37. The van der Waals surface area contributed by atoms with Gasteiger partial charge in [-0.2, -0.15) is 10.2 Å². The molecule has 1 amide bonds. The number of carbonyl (C=O) groups excluding carboxylic acids is 1. The van der Waals surface area contributed by atoms with E-state index in [0.717, 1.165) is 54.9 Å². The van der Waals surface area contributed by atoms with Crippen LogP contribution in [-0.2, 0) is 18.4 Å². The number of aliphatic hydroxyl groups is 1. The van der Waals surface area contributed by atoms with Crippen LogP contribution >= 0.6 is 0 Å². The Morgan fingerprint density at radius 1 is 1.03 bits per heavy atom. The van der Waals surface area contributed by atoms with E-state index >= 15 is 0 Å². The first-order valence-electron chi connectivity index (χ1n) is 12.0. The van der Waals surface area contributed by atoms with Gasteiger partial charge in [-0.05, 0) is 54.2 Å². The Morgan fingerprint density at radius 3 is 2.68 bits per heavy atom. The highest BCUT2D eigenvalue weighted by Gasteiger charge is 2.51. The zero-order valence-corrected chi connectivity index (χ0v) is 19.2. The monoisotopic (exact) mass is 455 g/mol. The number of β-amino-alcohol motifs (C(OH)–C–C–N with tert-alkyl or cyclic N) is 1. The van der Waals surface area contributed by atoms with Gasteiger partial charge in [0.1, 0.15) is 0 Å². The molecule has 0 bridgehead atoms. The zero-order chi connectivity index (χ0) is 23.1. The quantitative estimate of drug-likeness (QED) is 0.594. The molecule has 1 atom stereocenters. The average molecular weight is 456 g/mol. The molecule has 1 fully saturated rings. The summed E-state index contributed by atoms with van der Waals surface area (Å²) >= 11 is 0. The number of aromatic nitrogens is 2. The molecule has 7 nitrogen and oxygen atoms in total.